The fourth-order valence-corrected chi connectivity index (χ4v) is 2.81. The highest BCUT2D eigenvalue weighted by Gasteiger charge is 2.27. The Morgan fingerprint density at radius 3 is 2.53 bits per heavy atom. The molecular formula is C15H24N2O2. The van der Waals surface area contributed by atoms with Crippen LogP contribution in [0.2, 0.25) is 0 Å². The maximum atomic E-state index is 5.99. The van der Waals surface area contributed by atoms with Crippen LogP contribution in [0.25, 0.3) is 0 Å². The van der Waals surface area contributed by atoms with Crippen LogP contribution in [0.4, 0.5) is 0 Å². The lowest BCUT2D eigenvalue weighted by Gasteiger charge is -2.36. The number of hydrogen-bond donors (Lipinski definition) is 1. The highest BCUT2D eigenvalue weighted by molar-refractivity contribution is 5.49. The van der Waals surface area contributed by atoms with Crippen LogP contribution in [-0.2, 0) is 6.42 Å². The minimum Gasteiger partial charge on any atom is -0.493 e. The third-order valence-corrected chi connectivity index (χ3v) is 3.87. The average molecular weight is 264 g/mol. The number of ether oxygens (including phenoxy) is 2. The standard InChI is InChI=1S/C15H24N2O2/c1-10(16)7-13-12-9-15(19-4)14(18-3)8-11(12)5-6-17(13)2/h8-10,13H,5-7,16H2,1-4H3. The van der Waals surface area contributed by atoms with Gasteiger partial charge in [-0.3, -0.25) is 4.90 Å². The molecule has 0 radical (unpaired) electrons. The van der Waals surface area contributed by atoms with Crippen LogP contribution in [0.3, 0.4) is 0 Å². The SMILES string of the molecule is COc1cc2c(cc1OC)C(CC(C)N)N(C)CC2. The molecule has 0 saturated heterocycles. The number of fused-ring (bicyclic) bond motifs is 1. The zero-order chi connectivity index (χ0) is 14.0. The summed E-state index contributed by atoms with van der Waals surface area (Å²) in [6, 6.07) is 4.77. The predicted molar refractivity (Wildman–Crippen MR) is 76.9 cm³/mol. The third kappa shape index (κ3) is 2.85. The van der Waals surface area contributed by atoms with Gasteiger partial charge in [-0.2, -0.15) is 0 Å². The molecule has 1 aliphatic rings. The van der Waals surface area contributed by atoms with Crippen molar-refractivity contribution in [3.05, 3.63) is 23.3 Å². The van der Waals surface area contributed by atoms with Gasteiger partial charge in [-0.15, -0.1) is 0 Å². The Morgan fingerprint density at radius 2 is 1.95 bits per heavy atom. The van der Waals surface area contributed by atoms with Gasteiger partial charge in [0.2, 0.25) is 0 Å². The number of hydrogen-bond acceptors (Lipinski definition) is 4. The molecule has 106 valence electrons. The van der Waals surface area contributed by atoms with Crippen LogP contribution in [0.15, 0.2) is 12.1 Å². The normalized spacial score (nSPS) is 20.8. The summed E-state index contributed by atoms with van der Waals surface area (Å²) < 4.78 is 10.8. The van der Waals surface area contributed by atoms with Crippen LogP contribution in [-0.4, -0.2) is 38.8 Å². The van der Waals surface area contributed by atoms with Crippen molar-refractivity contribution in [2.45, 2.75) is 31.8 Å². The van der Waals surface area contributed by atoms with Crippen molar-refractivity contribution in [3.8, 4) is 11.5 Å². The van der Waals surface area contributed by atoms with E-state index in [4.69, 9.17) is 15.2 Å². The molecule has 1 heterocycles. The van der Waals surface area contributed by atoms with E-state index >= 15 is 0 Å². The first-order chi connectivity index (χ1) is 9.06. The van der Waals surface area contributed by atoms with Gasteiger partial charge in [-0.05, 0) is 50.1 Å². The molecule has 0 fully saturated rings. The fraction of sp³-hybridized carbons (Fsp3) is 0.600. The summed E-state index contributed by atoms with van der Waals surface area (Å²) in [5.74, 6) is 1.61. The van der Waals surface area contributed by atoms with Crippen LogP contribution < -0.4 is 15.2 Å². The summed E-state index contributed by atoms with van der Waals surface area (Å²) in [5.41, 5.74) is 8.66. The Balaban J connectivity index is 2.42. The Labute approximate surface area is 115 Å². The van der Waals surface area contributed by atoms with Gasteiger partial charge in [0, 0.05) is 18.6 Å². The number of nitrogens with two attached hydrogens (primary N) is 1. The van der Waals surface area contributed by atoms with Gasteiger partial charge < -0.3 is 15.2 Å². The maximum Gasteiger partial charge on any atom is 0.161 e. The van der Waals surface area contributed by atoms with E-state index in [0.717, 1.165) is 30.9 Å². The number of benzene rings is 1. The highest BCUT2D eigenvalue weighted by atomic mass is 16.5. The second-order valence-corrected chi connectivity index (χ2v) is 5.37. The smallest absolute Gasteiger partial charge is 0.161 e. The zero-order valence-corrected chi connectivity index (χ0v) is 12.3. The van der Waals surface area contributed by atoms with Gasteiger partial charge in [0.05, 0.1) is 14.2 Å². The second-order valence-electron chi connectivity index (χ2n) is 5.37. The third-order valence-electron chi connectivity index (χ3n) is 3.87. The van der Waals surface area contributed by atoms with E-state index < -0.39 is 0 Å². The minimum atomic E-state index is 0.187. The molecule has 4 nitrogen and oxygen atoms in total. The number of likely N-dealkylation sites (N-methyl/N-ethyl adjacent to an activating group) is 1. The molecule has 0 spiro atoms. The Morgan fingerprint density at radius 1 is 1.32 bits per heavy atom. The second kappa shape index (κ2) is 5.80. The number of rotatable bonds is 4. The van der Waals surface area contributed by atoms with E-state index in [9.17, 15) is 0 Å². The summed E-state index contributed by atoms with van der Waals surface area (Å²) in [5, 5.41) is 0. The number of methoxy groups -OCH3 is 2. The van der Waals surface area contributed by atoms with E-state index in [-0.39, 0.29) is 6.04 Å². The van der Waals surface area contributed by atoms with Crippen molar-refractivity contribution < 1.29 is 9.47 Å². The molecule has 0 amide bonds. The summed E-state index contributed by atoms with van der Waals surface area (Å²) in [7, 11) is 5.52. The van der Waals surface area contributed by atoms with E-state index in [0.29, 0.717) is 6.04 Å². The van der Waals surface area contributed by atoms with Crippen molar-refractivity contribution in [1.29, 1.82) is 0 Å². The summed E-state index contributed by atoms with van der Waals surface area (Å²) in [6.45, 7) is 3.11. The first-order valence-corrected chi connectivity index (χ1v) is 6.77. The van der Waals surface area contributed by atoms with Crippen molar-refractivity contribution in [3.63, 3.8) is 0 Å². The van der Waals surface area contributed by atoms with Crippen molar-refractivity contribution >= 4 is 0 Å². The monoisotopic (exact) mass is 264 g/mol. The topological polar surface area (TPSA) is 47.7 Å². The van der Waals surface area contributed by atoms with Crippen LogP contribution >= 0.6 is 0 Å². The van der Waals surface area contributed by atoms with E-state index in [1.54, 1.807) is 14.2 Å². The van der Waals surface area contributed by atoms with Gasteiger partial charge in [-0.1, -0.05) is 0 Å². The molecule has 1 aliphatic heterocycles. The van der Waals surface area contributed by atoms with E-state index in [1.165, 1.54) is 11.1 Å². The quantitative estimate of drug-likeness (QED) is 0.903. The average Bonchev–Trinajstić information content (AvgIpc) is 2.40. The molecule has 1 aromatic rings. The molecule has 2 unspecified atom stereocenters. The molecule has 0 bridgehead atoms. The van der Waals surface area contributed by atoms with E-state index in [1.807, 2.05) is 0 Å². The lowest BCUT2D eigenvalue weighted by Crippen LogP contribution is -2.35. The number of nitrogens with zero attached hydrogens (tertiary/aromatic N) is 1. The lowest BCUT2D eigenvalue weighted by molar-refractivity contribution is 0.210. The van der Waals surface area contributed by atoms with Crippen LogP contribution in [0.5, 0.6) is 11.5 Å². The van der Waals surface area contributed by atoms with Crippen molar-refractivity contribution in [2.24, 2.45) is 5.73 Å². The zero-order valence-electron chi connectivity index (χ0n) is 12.3. The highest BCUT2D eigenvalue weighted by Crippen LogP contribution is 2.38. The summed E-state index contributed by atoms with van der Waals surface area (Å²) in [4.78, 5) is 2.37. The van der Waals surface area contributed by atoms with Gasteiger partial charge in [0.1, 0.15) is 0 Å². The van der Waals surface area contributed by atoms with Gasteiger partial charge in [0.15, 0.2) is 11.5 Å². The lowest BCUT2D eigenvalue weighted by atomic mass is 9.89. The largest absolute Gasteiger partial charge is 0.493 e. The van der Waals surface area contributed by atoms with Crippen LogP contribution in [0, 0.1) is 0 Å². The van der Waals surface area contributed by atoms with Gasteiger partial charge in [-0.25, -0.2) is 0 Å². The van der Waals surface area contributed by atoms with Crippen molar-refractivity contribution in [1.82, 2.24) is 4.90 Å². The van der Waals surface area contributed by atoms with Crippen molar-refractivity contribution in [2.75, 3.05) is 27.8 Å². The van der Waals surface area contributed by atoms with Crippen LogP contribution in [0.1, 0.15) is 30.5 Å². The molecule has 4 heteroatoms. The molecule has 0 saturated carbocycles. The first kappa shape index (κ1) is 14.2. The Bertz CT molecular complexity index is 446. The van der Waals surface area contributed by atoms with Gasteiger partial charge in [0.25, 0.3) is 0 Å². The molecule has 2 N–H and O–H groups in total. The first-order valence-electron chi connectivity index (χ1n) is 6.77. The molecule has 0 aromatic heterocycles. The summed E-state index contributed by atoms with van der Waals surface area (Å²) in [6.07, 6.45) is 2.00. The molecule has 0 aliphatic carbocycles. The molecule has 19 heavy (non-hydrogen) atoms. The predicted octanol–water partition coefficient (Wildman–Crippen LogP) is 1.97. The minimum absolute atomic E-state index is 0.187. The van der Waals surface area contributed by atoms with Gasteiger partial charge >= 0.3 is 0 Å². The molecule has 2 rings (SSSR count). The molecule has 2 atom stereocenters. The molecule has 1 aromatic carbocycles. The Hall–Kier alpha value is -1.26. The Kier molecular flexibility index (Phi) is 4.32. The summed E-state index contributed by atoms with van der Waals surface area (Å²) >= 11 is 0. The van der Waals surface area contributed by atoms with E-state index in [2.05, 4.69) is 31.0 Å². The fourth-order valence-electron chi connectivity index (χ4n) is 2.81. The molecular weight excluding hydrogens is 240 g/mol. The maximum absolute atomic E-state index is 5.99.